The highest BCUT2D eigenvalue weighted by molar-refractivity contribution is 7.80. The molecule has 0 unspecified atom stereocenters. The first kappa shape index (κ1) is 26.1. The first-order chi connectivity index (χ1) is 18.9. The molecule has 8 nitrogen and oxygen atoms in total. The van der Waals surface area contributed by atoms with Crippen LogP contribution in [0, 0.1) is 6.92 Å². The highest BCUT2D eigenvalue weighted by Gasteiger charge is 2.41. The van der Waals surface area contributed by atoms with Crippen LogP contribution in [0.1, 0.15) is 45.8 Å². The molecule has 1 aliphatic heterocycles. The van der Waals surface area contributed by atoms with Crippen molar-refractivity contribution in [3.05, 3.63) is 114 Å². The van der Waals surface area contributed by atoms with Crippen LogP contribution in [0.3, 0.4) is 0 Å². The molecule has 4 aromatic rings. The number of amides is 1. The van der Waals surface area contributed by atoms with Crippen molar-refractivity contribution in [3.63, 3.8) is 0 Å². The Labute approximate surface area is 232 Å². The molecule has 0 aliphatic carbocycles. The molecule has 2 atom stereocenters. The lowest BCUT2D eigenvalue weighted by molar-refractivity contribution is -0.116. The zero-order chi connectivity index (χ0) is 27.4. The van der Waals surface area contributed by atoms with Gasteiger partial charge < -0.3 is 24.8 Å². The maximum Gasteiger partial charge on any atom is 0.337 e. The molecule has 3 heterocycles. The van der Waals surface area contributed by atoms with Gasteiger partial charge in [0.05, 0.1) is 30.5 Å². The van der Waals surface area contributed by atoms with E-state index in [2.05, 4.69) is 25.1 Å². The van der Waals surface area contributed by atoms with Crippen molar-refractivity contribution in [1.29, 1.82) is 0 Å². The van der Waals surface area contributed by atoms with E-state index in [0.29, 0.717) is 17.2 Å². The fourth-order valence-corrected chi connectivity index (χ4v) is 5.21. The Balaban J connectivity index is 1.44. The molecule has 0 bridgehead atoms. The SMILES string of the molecule is COC(=O)c1ccc(-n2cccc2[C@@H]2[C@H](c3ccccn3)NC(=S)N2CCC(=O)Nc2cccc(C)c2)cc1. The number of methoxy groups -OCH3 is 1. The summed E-state index contributed by atoms with van der Waals surface area (Å²) in [6.07, 6.45) is 4.00. The Bertz CT molecular complexity index is 1490. The van der Waals surface area contributed by atoms with Crippen LogP contribution in [0.15, 0.2) is 91.3 Å². The number of pyridine rings is 1. The number of nitrogens with zero attached hydrogens (tertiary/aromatic N) is 3. The molecule has 0 saturated carbocycles. The Hall–Kier alpha value is -4.50. The summed E-state index contributed by atoms with van der Waals surface area (Å²) in [5.74, 6) is -0.470. The second-order valence-electron chi connectivity index (χ2n) is 9.33. The van der Waals surface area contributed by atoms with Crippen LogP contribution in [-0.2, 0) is 9.53 Å². The molecule has 2 N–H and O–H groups in total. The number of hydrogen-bond donors (Lipinski definition) is 2. The summed E-state index contributed by atoms with van der Waals surface area (Å²) in [5.41, 5.74) is 5.04. The van der Waals surface area contributed by atoms with Gasteiger partial charge in [-0.05, 0) is 85.4 Å². The van der Waals surface area contributed by atoms with Crippen LogP contribution in [0.25, 0.3) is 5.69 Å². The third-order valence-corrected chi connectivity index (χ3v) is 7.08. The number of carbonyl (C=O) groups excluding carboxylic acids is 2. The fraction of sp³-hybridized carbons (Fsp3) is 0.200. The molecule has 0 radical (unpaired) electrons. The summed E-state index contributed by atoms with van der Waals surface area (Å²) < 4.78 is 6.90. The average Bonchev–Trinajstić information content (AvgIpc) is 3.56. The quantitative estimate of drug-likeness (QED) is 0.241. The van der Waals surface area contributed by atoms with Crippen molar-refractivity contribution in [1.82, 2.24) is 19.8 Å². The van der Waals surface area contributed by atoms with Crippen molar-refractivity contribution < 1.29 is 14.3 Å². The molecular weight excluding hydrogens is 510 g/mol. The molecule has 198 valence electrons. The van der Waals surface area contributed by atoms with Gasteiger partial charge in [-0.25, -0.2) is 4.79 Å². The predicted octanol–water partition coefficient (Wildman–Crippen LogP) is 4.97. The lowest BCUT2D eigenvalue weighted by Crippen LogP contribution is -2.33. The van der Waals surface area contributed by atoms with Crippen LogP contribution < -0.4 is 10.6 Å². The molecule has 39 heavy (non-hydrogen) atoms. The van der Waals surface area contributed by atoms with Gasteiger partial charge in [0.25, 0.3) is 0 Å². The maximum absolute atomic E-state index is 12.9. The van der Waals surface area contributed by atoms with E-state index in [1.165, 1.54) is 7.11 Å². The number of nitrogens with one attached hydrogen (secondary N) is 2. The minimum absolute atomic E-state index is 0.0859. The van der Waals surface area contributed by atoms with Crippen LogP contribution >= 0.6 is 12.2 Å². The first-order valence-electron chi connectivity index (χ1n) is 12.6. The molecular formula is C30H29N5O3S. The van der Waals surface area contributed by atoms with E-state index in [4.69, 9.17) is 17.0 Å². The zero-order valence-corrected chi connectivity index (χ0v) is 22.5. The highest BCUT2D eigenvalue weighted by Crippen LogP contribution is 2.39. The number of carbonyl (C=O) groups is 2. The molecule has 5 rings (SSSR count). The number of anilines is 1. The molecule has 2 aromatic heterocycles. The number of hydrogen-bond acceptors (Lipinski definition) is 5. The van der Waals surface area contributed by atoms with Gasteiger partial charge in [-0.2, -0.15) is 0 Å². The lowest BCUT2D eigenvalue weighted by atomic mass is 10.0. The van der Waals surface area contributed by atoms with E-state index in [1.807, 2.05) is 79.9 Å². The summed E-state index contributed by atoms with van der Waals surface area (Å²) in [7, 11) is 1.36. The van der Waals surface area contributed by atoms with Crippen molar-refractivity contribution in [3.8, 4) is 5.69 Å². The number of rotatable bonds is 8. The van der Waals surface area contributed by atoms with Crippen LogP contribution in [-0.4, -0.2) is 45.1 Å². The number of aromatic nitrogens is 2. The molecule has 0 spiro atoms. The van der Waals surface area contributed by atoms with Gasteiger partial charge in [0, 0.05) is 42.4 Å². The van der Waals surface area contributed by atoms with Crippen LogP contribution in [0.4, 0.5) is 5.69 Å². The van der Waals surface area contributed by atoms with Gasteiger partial charge in [-0.3, -0.25) is 9.78 Å². The average molecular weight is 540 g/mol. The zero-order valence-electron chi connectivity index (χ0n) is 21.7. The van der Waals surface area contributed by atoms with Crippen molar-refractivity contribution in [2.45, 2.75) is 25.4 Å². The number of esters is 1. The molecule has 2 aromatic carbocycles. The molecule has 1 amide bonds. The first-order valence-corrected chi connectivity index (χ1v) is 13.1. The second kappa shape index (κ2) is 11.5. The van der Waals surface area contributed by atoms with E-state index in [0.717, 1.165) is 28.3 Å². The Morgan fingerprint density at radius 2 is 1.87 bits per heavy atom. The van der Waals surface area contributed by atoms with Crippen LogP contribution in [0.2, 0.25) is 0 Å². The highest BCUT2D eigenvalue weighted by atomic mass is 32.1. The number of thiocarbonyl (C=S) groups is 1. The summed E-state index contributed by atoms with van der Waals surface area (Å²) in [6.45, 7) is 2.41. The van der Waals surface area contributed by atoms with Gasteiger partial charge in [-0.1, -0.05) is 18.2 Å². The van der Waals surface area contributed by atoms with Crippen molar-refractivity contribution >= 4 is 34.9 Å². The van der Waals surface area contributed by atoms with E-state index in [9.17, 15) is 9.59 Å². The smallest absolute Gasteiger partial charge is 0.337 e. The third kappa shape index (κ3) is 5.68. The lowest BCUT2D eigenvalue weighted by Gasteiger charge is -2.29. The minimum Gasteiger partial charge on any atom is -0.465 e. The van der Waals surface area contributed by atoms with Gasteiger partial charge in [0.1, 0.15) is 0 Å². The Morgan fingerprint density at radius 1 is 1.05 bits per heavy atom. The maximum atomic E-state index is 12.9. The summed E-state index contributed by atoms with van der Waals surface area (Å²) in [5, 5.41) is 6.99. The van der Waals surface area contributed by atoms with Crippen molar-refractivity contribution in [2.75, 3.05) is 19.0 Å². The predicted molar refractivity (Wildman–Crippen MR) is 154 cm³/mol. The normalized spacial score (nSPS) is 16.6. The summed E-state index contributed by atoms with van der Waals surface area (Å²) in [6, 6.07) is 24.4. The van der Waals surface area contributed by atoms with Crippen LogP contribution in [0.5, 0.6) is 0 Å². The largest absolute Gasteiger partial charge is 0.465 e. The van der Waals surface area contributed by atoms with Gasteiger partial charge in [0.15, 0.2) is 5.11 Å². The summed E-state index contributed by atoms with van der Waals surface area (Å²) >= 11 is 5.78. The number of benzene rings is 2. The molecule has 1 aliphatic rings. The molecule has 9 heteroatoms. The van der Waals surface area contributed by atoms with Gasteiger partial charge in [-0.15, -0.1) is 0 Å². The Morgan fingerprint density at radius 3 is 2.59 bits per heavy atom. The third-order valence-electron chi connectivity index (χ3n) is 6.73. The van der Waals surface area contributed by atoms with E-state index < -0.39 is 0 Å². The topological polar surface area (TPSA) is 88.5 Å². The van der Waals surface area contributed by atoms with E-state index in [-0.39, 0.29) is 30.4 Å². The monoisotopic (exact) mass is 539 g/mol. The van der Waals surface area contributed by atoms with E-state index in [1.54, 1.807) is 18.3 Å². The number of aryl methyl sites for hydroxylation is 1. The number of ether oxygens (including phenoxy) is 1. The molecule has 1 saturated heterocycles. The standard InChI is InChI=1S/C30H29N5O3S/c1-20-7-5-8-22(19-20)32-26(36)15-18-35-28(27(33-30(35)39)24-9-3-4-16-31-24)25-10-6-17-34(25)23-13-11-21(12-14-23)29(37)38-2/h3-14,16-17,19,27-28H,15,18H2,1-2H3,(H,32,36)(H,33,39)/t27-,28+/m0/s1. The Kier molecular flexibility index (Phi) is 7.69. The molecule has 1 fully saturated rings. The van der Waals surface area contributed by atoms with Gasteiger partial charge in [0.2, 0.25) is 5.91 Å². The second-order valence-corrected chi connectivity index (χ2v) is 9.72. The van der Waals surface area contributed by atoms with Gasteiger partial charge >= 0.3 is 5.97 Å². The van der Waals surface area contributed by atoms with E-state index >= 15 is 0 Å². The minimum atomic E-state index is -0.384. The fourth-order valence-electron chi connectivity index (χ4n) is 4.88. The van der Waals surface area contributed by atoms with Crippen molar-refractivity contribution in [2.24, 2.45) is 0 Å². The summed E-state index contributed by atoms with van der Waals surface area (Å²) in [4.78, 5) is 31.5.